The first-order valence-electron chi connectivity index (χ1n) is 8.46. The van der Waals surface area contributed by atoms with Crippen molar-refractivity contribution in [1.82, 2.24) is 14.6 Å². The van der Waals surface area contributed by atoms with Crippen LogP contribution in [0.15, 0.2) is 30.3 Å². The standard InChI is InChI=1S/C18H21N5O5/c1-5-28-15-8-6-7-14-21-22-17(23(14)15)20-18(24)19-11-9-12(25-2)16(27-4)13(10-11)26-3/h6-10H,5H2,1-4H3,(H2,19,20,22,24). The van der Waals surface area contributed by atoms with Crippen LogP contribution in [0.1, 0.15) is 6.92 Å². The summed E-state index contributed by atoms with van der Waals surface area (Å²) in [5, 5.41) is 13.4. The second-order valence-electron chi connectivity index (χ2n) is 5.51. The number of carbonyl (C=O) groups excluding carboxylic acids is 1. The molecular formula is C18H21N5O5. The number of methoxy groups -OCH3 is 3. The normalized spacial score (nSPS) is 10.4. The molecule has 0 saturated heterocycles. The first kappa shape index (κ1) is 19.1. The van der Waals surface area contributed by atoms with Crippen LogP contribution in [0.2, 0.25) is 0 Å². The summed E-state index contributed by atoms with van der Waals surface area (Å²) in [6.45, 7) is 2.34. The van der Waals surface area contributed by atoms with Crippen molar-refractivity contribution in [3.63, 3.8) is 0 Å². The van der Waals surface area contributed by atoms with Crippen LogP contribution in [0.5, 0.6) is 23.1 Å². The lowest BCUT2D eigenvalue weighted by atomic mass is 10.2. The van der Waals surface area contributed by atoms with Gasteiger partial charge in [0.25, 0.3) is 0 Å². The molecule has 2 N–H and O–H groups in total. The van der Waals surface area contributed by atoms with E-state index in [4.69, 9.17) is 18.9 Å². The second-order valence-corrected chi connectivity index (χ2v) is 5.51. The summed E-state index contributed by atoms with van der Waals surface area (Å²) in [5.74, 6) is 2.02. The molecule has 0 aliphatic heterocycles. The Balaban J connectivity index is 1.84. The SMILES string of the molecule is CCOc1cccc2nnc(NC(=O)Nc3cc(OC)c(OC)c(OC)c3)n12. The van der Waals surface area contributed by atoms with Gasteiger partial charge in [0, 0.05) is 12.1 Å². The van der Waals surface area contributed by atoms with Crippen LogP contribution in [0.25, 0.3) is 5.65 Å². The van der Waals surface area contributed by atoms with Crippen LogP contribution in [-0.4, -0.2) is 48.6 Å². The van der Waals surface area contributed by atoms with Crippen LogP contribution in [0, 0.1) is 0 Å². The number of nitrogens with one attached hydrogen (secondary N) is 2. The van der Waals surface area contributed by atoms with Crippen LogP contribution in [0.3, 0.4) is 0 Å². The van der Waals surface area contributed by atoms with Crippen molar-refractivity contribution in [3.8, 4) is 23.1 Å². The van der Waals surface area contributed by atoms with Gasteiger partial charge in [0.05, 0.1) is 33.6 Å². The predicted octanol–water partition coefficient (Wildman–Crippen LogP) is 2.80. The lowest BCUT2D eigenvalue weighted by Crippen LogP contribution is -2.21. The van der Waals surface area contributed by atoms with E-state index in [9.17, 15) is 4.79 Å². The monoisotopic (exact) mass is 387 g/mol. The molecule has 148 valence electrons. The van der Waals surface area contributed by atoms with Crippen LogP contribution < -0.4 is 29.6 Å². The number of hydrogen-bond acceptors (Lipinski definition) is 7. The molecular weight excluding hydrogens is 366 g/mol. The van der Waals surface area contributed by atoms with Gasteiger partial charge in [-0.1, -0.05) is 6.07 Å². The third-order valence-electron chi connectivity index (χ3n) is 3.83. The van der Waals surface area contributed by atoms with E-state index in [2.05, 4.69) is 20.8 Å². The Morgan fingerprint density at radius 1 is 1.04 bits per heavy atom. The third-order valence-corrected chi connectivity index (χ3v) is 3.83. The van der Waals surface area contributed by atoms with Crippen molar-refractivity contribution in [2.45, 2.75) is 6.92 Å². The Labute approximate surface area is 161 Å². The first-order chi connectivity index (χ1) is 13.6. The number of urea groups is 1. The fourth-order valence-electron chi connectivity index (χ4n) is 2.67. The van der Waals surface area contributed by atoms with Gasteiger partial charge >= 0.3 is 6.03 Å². The smallest absolute Gasteiger partial charge is 0.326 e. The zero-order chi connectivity index (χ0) is 20.1. The number of fused-ring (bicyclic) bond motifs is 1. The lowest BCUT2D eigenvalue weighted by Gasteiger charge is -2.14. The average molecular weight is 387 g/mol. The predicted molar refractivity (Wildman–Crippen MR) is 103 cm³/mol. The van der Waals surface area contributed by atoms with E-state index in [0.717, 1.165) is 0 Å². The number of rotatable bonds is 7. The van der Waals surface area contributed by atoms with Gasteiger partial charge in [-0.15, -0.1) is 10.2 Å². The zero-order valence-corrected chi connectivity index (χ0v) is 16.0. The number of anilines is 2. The van der Waals surface area contributed by atoms with Crippen LogP contribution in [-0.2, 0) is 0 Å². The molecule has 10 nitrogen and oxygen atoms in total. The van der Waals surface area contributed by atoms with Crippen LogP contribution in [0.4, 0.5) is 16.4 Å². The van der Waals surface area contributed by atoms with Gasteiger partial charge in [0.2, 0.25) is 17.6 Å². The number of amides is 2. The first-order valence-corrected chi connectivity index (χ1v) is 8.46. The molecule has 0 fully saturated rings. The Kier molecular flexibility index (Phi) is 5.68. The molecule has 2 heterocycles. The van der Waals surface area contributed by atoms with Gasteiger partial charge in [-0.25, -0.2) is 9.20 Å². The molecule has 0 aliphatic rings. The molecule has 0 spiro atoms. The molecule has 0 radical (unpaired) electrons. The van der Waals surface area contributed by atoms with Crippen molar-refractivity contribution in [2.75, 3.05) is 38.6 Å². The van der Waals surface area contributed by atoms with Gasteiger partial charge in [-0.2, -0.15) is 0 Å². The topological polar surface area (TPSA) is 108 Å². The summed E-state index contributed by atoms with van der Waals surface area (Å²) in [7, 11) is 4.50. The highest BCUT2D eigenvalue weighted by Crippen LogP contribution is 2.39. The van der Waals surface area contributed by atoms with E-state index >= 15 is 0 Å². The highest BCUT2D eigenvalue weighted by molar-refractivity contribution is 5.99. The number of nitrogens with zero attached hydrogens (tertiary/aromatic N) is 3. The number of benzene rings is 1. The van der Waals surface area contributed by atoms with Gasteiger partial charge in [0.15, 0.2) is 17.1 Å². The molecule has 0 aliphatic carbocycles. The summed E-state index contributed by atoms with van der Waals surface area (Å²) in [6, 6.07) is 8.05. The summed E-state index contributed by atoms with van der Waals surface area (Å²) in [6.07, 6.45) is 0. The molecule has 2 amide bonds. The number of hydrogen-bond donors (Lipinski definition) is 2. The van der Waals surface area contributed by atoms with Crippen molar-refractivity contribution >= 4 is 23.3 Å². The summed E-state index contributed by atoms with van der Waals surface area (Å²) in [5.41, 5.74) is 1.000. The fraction of sp³-hybridized carbons (Fsp3) is 0.278. The quantitative estimate of drug-likeness (QED) is 0.642. The van der Waals surface area contributed by atoms with Crippen molar-refractivity contribution in [2.24, 2.45) is 0 Å². The minimum Gasteiger partial charge on any atom is -0.493 e. The molecule has 0 atom stereocenters. The van der Waals surface area contributed by atoms with Gasteiger partial charge in [-0.05, 0) is 19.1 Å². The Morgan fingerprint density at radius 2 is 1.75 bits per heavy atom. The maximum absolute atomic E-state index is 12.5. The maximum Gasteiger partial charge on any atom is 0.326 e. The molecule has 2 aromatic heterocycles. The van der Waals surface area contributed by atoms with E-state index in [1.54, 1.807) is 34.7 Å². The Hall–Kier alpha value is -3.69. The third kappa shape index (κ3) is 3.70. The lowest BCUT2D eigenvalue weighted by molar-refractivity contribution is 0.262. The van der Waals surface area contributed by atoms with Gasteiger partial charge < -0.3 is 24.3 Å². The number of pyridine rings is 1. The van der Waals surface area contributed by atoms with Crippen molar-refractivity contribution in [1.29, 1.82) is 0 Å². The van der Waals surface area contributed by atoms with Gasteiger partial charge in [0.1, 0.15) is 0 Å². The van der Waals surface area contributed by atoms with Crippen LogP contribution >= 0.6 is 0 Å². The average Bonchev–Trinajstić information content (AvgIpc) is 3.11. The molecule has 3 aromatic rings. The largest absolute Gasteiger partial charge is 0.493 e. The Bertz CT molecular complexity index is 963. The van der Waals surface area contributed by atoms with E-state index < -0.39 is 6.03 Å². The molecule has 0 unspecified atom stereocenters. The number of aromatic nitrogens is 3. The molecule has 3 rings (SSSR count). The van der Waals surface area contributed by atoms with E-state index in [1.165, 1.54) is 21.3 Å². The summed E-state index contributed by atoms with van der Waals surface area (Å²) in [4.78, 5) is 12.5. The Morgan fingerprint density at radius 3 is 2.36 bits per heavy atom. The summed E-state index contributed by atoms with van der Waals surface area (Å²) < 4.78 is 23.0. The van der Waals surface area contributed by atoms with Gasteiger partial charge in [-0.3, -0.25) is 5.32 Å². The number of carbonyl (C=O) groups is 1. The second kappa shape index (κ2) is 8.33. The number of ether oxygens (including phenoxy) is 4. The minimum absolute atomic E-state index is 0.226. The zero-order valence-electron chi connectivity index (χ0n) is 16.0. The van der Waals surface area contributed by atoms with E-state index in [0.29, 0.717) is 41.1 Å². The molecule has 28 heavy (non-hydrogen) atoms. The molecule has 0 saturated carbocycles. The van der Waals surface area contributed by atoms with E-state index in [1.807, 2.05) is 6.92 Å². The molecule has 1 aromatic carbocycles. The van der Waals surface area contributed by atoms with Crippen molar-refractivity contribution in [3.05, 3.63) is 30.3 Å². The highest BCUT2D eigenvalue weighted by atomic mass is 16.5. The molecule has 0 bridgehead atoms. The fourth-order valence-corrected chi connectivity index (χ4v) is 2.67. The van der Waals surface area contributed by atoms with E-state index in [-0.39, 0.29) is 5.95 Å². The minimum atomic E-state index is -0.519. The summed E-state index contributed by atoms with van der Waals surface area (Å²) >= 11 is 0. The molecule has 10 heteroatoms. The van der Waals surface area contributed by atoms with Crippen molar-refractivity contribution < 1.29 is 23.7 Å². The maximum atomic E-state index is 12.5. The highest BCUT2D eigenvalue weighted by Gasteiger charge is 2.16.